The van der Waals surface area contributed by atoms with Gasteiger partial charge in [0.2, 0.25) is 5.91 Å². The van der Waals surface area contributed by atoms with Crippen LogP contribution in [-0.2, 0) is 11.2 Å². The summed E-state index contributed by atoms with van der Waals surface area (Å²) in [7, 11) is 0. The summed E-state index contributed by atoms with van der Waals surface area (Å²) in [5.41, 5.74) is 2.38. The van der Waals surface area contributed by atoms with Gasteiger partial charge in [0, 0.05) is 43.3 Å². The SMILES string of the molecule is O=C(CN1CCc2sccc2C1c1cccc(F)c1)N1CCN(C(=O)Nc2cccc(F)c2)CC1. The average Bonchev–Trinajstić information content (AvgIpc) is 3.33. The molecule has 3 aromatic rings. The van der Waals surface area contributed by atoms with Crippen molar-refractivity contribution in [2.45, 2.75) is 12.5 Å². The minimum Gasteiger partial charge on any atom is -0.338 e. The second kappa shape index (κ2) is 10.1. The fourth-order valence-electron chi connectivity index (χ4n) is 4.81. The van der Waals surface area contributed by atoms with E-state index < -0.39 is 5.82 Å². The Bertz CT molecular complexity index is 1230. The molecule has 1 saturated heterocycles. The summed E-state index contributed by atoms with van der Waals surface area (Å²) < 4.78 is 27.4. The number of carbonyl (C=O) groups excluding carboxylic acids is 2. The van der Waals surface area contributed by atoms with E-state index in [1.54, 1.807) is 39.3 Å². The van der Waals surface area contributed by atoms with E-state index in [9.17, 15) is 18.4 Å². The van der Waals surface area contributed by atoms with Crippen molar-refractivity contribution in [2.24, 2.45) is 0 Å². The third-order valence-electron chi connectivity index (χ3n) is 6.56. The zero-order valence-electron chi connectivity index (χ0n) is 19.1. The monoisotopic (exact) mass is 496 g/mol. The number of hydrogen-bond donors (Lipinski definition) is 1. The minimum absolute atomic E-state index is 0.00438. The first-order valence-electron chi connectivity index (χ1n) is 11.6. The van der Waals surface area contributed by atoms with Gasteiger partial charge >= 0.3 is 6.03 Å². The number of thiophene rings is 1. The van der Waals surface area contributed by atoms with E-state index in [-0.39, 0.29) is 30.3 Å². The van der Waals surface area contributed by atoms with Crippen LogP contribution in [0.3, 0.4) is 0 Å². The number of amides is 3. The highest BCUT2D eigenvalue weighted by Gasteiger charge is 2.33. The fraction of sp³-hybridized carbons (Fsp3) is 0.308. The number of anilines is 1. The molecule has 1 fully saturated rings. The normalized spacial score (nSPS) is 18.3. The van der Waals surface area contributed by atoms with Crippen molar-refractivity contribution in [3.05, 3.63) is 87.6 Å². The third-order valence-corrected chi connectivity index (χ3v) is 7.56. The van der Waals surface area contributed by atoms with Crippen molar-refractivity contribution in [3.63, 3.8) is 0 Å². The number of fused-ring (bicyclic) bond motifs is 1. The molecule has 1 unspecified atom stereocenters. The van der Waals surface area contributed by atoms with E-state index in [1.165, 1.54) is 29.1 Å². The molecule has 0 aliphatic carbocycles. The van der Waals surface area contributed by atoms with Crippen molar-refractivity contribution < 1.29 is 18.4 Å². The number of carbonyl (C=O) groups is 2. The maximum atomic E-state index is 14.0. The zero-order valence-corrected chi connectivity index (χ0v) is 19.9. The Morgan fingerprint density at radius 1 is 0.914 bits per heavy atom. The van der Waals surface area contributed by atoms with Gasteiger partial charge in [-0.05, 0) is 59.3 Å². The van der Waals surface area contributed by atoms with Gasteiger partial charge in [-0.25, -0.2) is 13.6 Å². The number of nitrogens with zero attached hydrogens (tertiary/aromatic N) is 3. The molecule has 182 valence electrons. The molecular weight excluding hydrogens is 470 g/mol. The molecule has 0 spiro atoms. The molecule has 9 heteroatoms. The number of urea groups is 1. The number of piperazine rings is 1. The quantitative estimate of drug-likeness (QED) is 0.584. The van der Waals surface area contributed by atoms with Gasteiger partial charge in [0.15, 0.2) is 0 Å². The molecule has 2 aromatic carbocycles. The first-order valence-corrected chi connectivity index (χ1v) is 12.5. The number of nitrogens with one attached hydrogen (secondary N) is 1. The van der Waals surface area contributed by atoms with E-state index in [0.29, 0.717) is 31.9 Å². The second-order valence-corrected chi connectivity index (χ2v) is 9.79. The van der Waals surface area contributed by atoms with Gasteiger partial charge in [0.25, 0.3) is 0 Å². The first kappa shape index (κ1) is 23.4. The van der Waals surface area contributed by atoms with Gasteiger partial charge in [0.1, 0.15) is 11.6 Å². The van der Waals surface area contributed by atoms with Crippen LogP contribution in [0, 0.1) is 11.6 Å². The summed E-state index contributed by atoms with van der Waals surface area (Å²) in [6.45, 7) is 2.60. The number of hydrogen-bond acceptors (Lipinski definition) is 4. The molecule has 0 saturated carbocycles. The highest BCUT2D eigenvalue weighted by molar-refractivity contribution is 7.10. The van der Waals surface area contributed by atoms with Crippen molar-refractivity contribution in [2.75, 3.05) is 44.6 Å². The van der Waals surface area contributed by atoms with Crippen molar-refractivity contribution in [1.29, 1.82) is 0 Å². The van der Waals surface area contributed by atoms with Crippen molar-refractivity contribution in [1.82, 2.24) is 14.7 Å². The molecule has 5 rings (SSSR count). The molecule has 2 aliphatic rings. The van der Waals surface area contributed by atoms with Crippen LogP contribution in [0.1, 0.15) is 22.0 Å². The standard InChI is InChI=1S/C26H26F2N4O2S/c27-19-4-1-3-18(15-19)25-22-8-14-35-23(22)7-9-32(25)17-24(33)30-10-12-31(13-11-30)26(34)29-21-6-2-5-20(28)16-21/h1-6,8,14-16,25H,7,9-13,17H2,(H,29,34). The van der Waals surface area contributed by atoms with Crippen LogP contribution in [0.2, 0.25) is 0 Å². The van der Waals surface area contributed by atoms with Crippen LogP contribution in [0.4, 0.5) is 19.3 Å². The van der Waals surface area contributed by atoms with Crippen LogP contribution in [-0.4, -0.2) is 65.9 Å². The summed E-state index contributed by atoms with van der Waals surface area (Å²) in [4.78, 5) is 32.6. The van der Waals surface area contributed by atoms with Crippen LogP contribution in [0.25, 0.3) is 0 Å². The highest BCUT2D eigenvalue weighted by atomic mass is 32.1. The molecule has 35 heavy (non-hydrogen) atoms. The predicted molar refractivity (Wildman–Crippen MR) is 131 cm³/mol. The van der Waals surface area contributed by atoms with E-state index in [2.05, 4.69) is 21.7 Å². The third kappa shape index (κ3) is 5.21. The fourth-order valence-corrected chi connectivity index (χ4v) is 5.71. The minimum atomic E-state index is -0.415. The molecule has 0 bridgehead atoms. The summed E-state index contributed by atoms with van der Waals surface area (Å²) in [5, 5.41) is 4.76. The molecule has 0 radical (unpaired) electrons. The van der Waals surface area contributed by atoms with Crippen molar-refractivity contribution >= 4 is 29.0 Å². The Balaban J connectivity index is 1.21. The van der Waals surface area contributed by atoms with Gasteiger partial charge in [0.05, 0.1) is 12.6 Å². The summed E-state index contributed by atoms with van der Waals surface area (Å²) >= 11 is 1.70. The average molecular weight is 497 g/mol. The molecule has 2 aliphatic heterocycles. The molecule has 1 atom stereocenters. The number of benzene rings is 2. The lowest BCUT2D eigenvalue weighted by Gasteiger charge is -2.39. The maximum Gasteiger partial charge on any atom is 0.321 e. The number of rotatable bonds is 4. The van der Waals surface area contributed by atoms with Gasteiger partial charge in [-0.1, -0.05) is 18.2 Å². The topological polar surface area (TPSA) is 55.9 Å². The van der Waals surface area contributed by atoms with Crippen LogP contribution in [0.5, 0.6) is 0 Å². The lowest BCUT2D eigenvalue weighted by Crippen LogP contribution is -2.54. The Kier molecular flexibility index (Phi) is 6.79. The van der Waals surface area contributed by atoms with E-state index in [1.807, 2.05) is 6.07 Å². The van der Waals surface area contributed by atoms with Gasteiger partial charge < -0.3 is 15.1 Å². The largest absolute Gasteiger partial charge is 0.338 e. The maximum absolute atomic E-state index is 14.0. The van der Waals surface area contributed by atoms with E-state index >= 15 is 0 Å². The van der Waals surface area contributed by atoms with Crippen molar-refractivity contribution in [3.8, 4) is 0 Å². The smallest absolute Gasteiger partial charge is 0.321 e. The van der Waals surface area contributed by atoms with Crippen LogP contribution >= 0.6 is 11.3 Å². The Morgan fingerprint density at radius 3 is 2.37 bits per heavy atom. The summed E-state index contributed by atoms with van der Waals surface area (Å²) in [6, 6.07) is 14.0. The van der Waals surface area contributed by atoms with Gasteiger partial charge in [-0.15, -0.1) is 11.3 Å². The van der Waals surface area contributed by atoms with Gasteiger partial charge in [-0.3, -0.25) is 9.69 Å². The van der Waals surface area contributed by atoms with Crippen LogP contribution in [0.15, 0.2) is 60.0 Å². The molecule has 6 nitrogen and oxygen atoms in total. The summed E-state index contributed by atoms with van der Waals surface area (Å²) in [5.74, 6) is -0.707. The summed E-state index contributed by atoms with van der Waals surface area (Å²) in [6.07, 6.45) is 0.861. The van der Waals surface area contributed by atoms with Crippen LogP contribution < -0.4 is 5.32 Å². The molecule has 1 aromatic heterocycles. The first-order chi connectivity index (χ1) is 17.0. The second-order valence-electron chi connectivity index (χ2n) is 8.79. The highest BCUT2D eigenvalue weighted by Crippen LogP contribution is 2.37. The molecule has 3 heterocycles. The van der Waals surface area contributed by atoms with E-state index in [4.69, 9.17) is 0 Å². The number of halogens is 2. The Labute approximate surface area is 206 Å². The Morgan fingerprint density at radius 2 is 1.63 bits per heavy atom. The lowest BCUT2D eigenvalue weighted by atomic mass is 9.93. The van der Waals surface area contributed by atoms with Gasteiger partial charge in [-0.2, -0.15) is 0 Å². The zero-order chi connectivity index (χ0) is 24.4. The molecule has 3 amide bonds. The Hall–Kier alpha value is -3.30. The lowest BCUT2D eigenvalue weighted by molar-refractivity contribution is -0.134. The molecule has 1 N–H and O–H groups in total. The predicted octanol–water partition coefficient (Wildman–Crippen LogP) is 4.35. The van der Waals surface area contributed by atoms with E-state index in [0.717, 1.165) is 24.1 Å². The molecular formula is C26H26F2N4O2S.